The normalized spacial score (nSPS) is 10.4. The van der Waals surface area contributed by atoms with Crippen LogP contribution in [0.25, 0.3) is 0 Å². The summed E-state index contributed by atoms with van der Waals surface area (Å²) in [6.45, 7) is 8.25. The molecular weight excluding hydrogens is 228 g/mol. The first kappa shape index (κ1) is 14.0. The number of benzene rings is 1. The fraction of sp³-hybridized carbons (Fsp3) is 0.500. The number of rotatable bonds is 5. The fourth-order valence-electron chi connectivity index (χ4n) is 1.50. The van der Waals surface area contributed by atoms with Crippen LogP contribution in [0.1, 0.15) is 44.2 Å². The van der Waals surface area contributed by atoms with Gasteiger partial charge in [-0.05, 0) is 35.7 Å². The molecule has 0 saturated carbocycles. The maximum absolute atomic E-state index is 5.16. The van der Waals surface area contributed by atoms with Gasteiger partial charge in [0.05, 0.1) is 0 Å². The van der Waals surface area contributed by atoms with Crippen LogP contribution in [0, 0.1) is 0 Å². The van der Waals surface area contributed by atoms with Crippen molar-refractivity contribution in [3.05, 3.63) is 35.4 Å². The van der Waals surface area contributed by atoms with Gasteiger partial charge in [0, 0.05) is 13.1 Å². The summed E-state index contributed by atoms with van der Waals surface area (Å²) < 4.78 is 0. The molecule has 0 aliphatic carbocycles. The van der Waals surface area contributed by atoms with Crippen LogP contribution in [0.3, 0.4) is 0 Å². The Hall–Kier alpha value is -1.09. The van der Waals surface area contributed by atoms with Crippen LogP contribution in [0.2, 0.25) is 0 Å². The average molecular weight is 250 g/mol. The van der Waals surface area contributed by atoms with E-state index in [2.05, 4.69) is 55.7 Å². The van der Waals surface area contributed by atoms with E-state index in [1.165, 1.54) is 11.1 Å². The third-order valence-electron chi connectivity index (χ3n) is 2.64. The Morgan fingerprint density at radius 2 is 1.82 bits per heavy atom. The quantitative estimate of drug-likeness (QED) is 0.785. The Morgan fingerprint density at radius 3 is 2.35 bits per heavy atom. The topological polar surface area (TPSA) is 24.1 Å². The summed E-state index contributed by atoms with van der Waals surface area (Å²) in [6.07, 6.45) is 1.09. The second-order valence-electron chi connectivity index (χ2n) is 4.51. The Balaban J connectivity index is 2.39. The molecule has 1 aromatic carbocycles. The fourth-order valence-corrected chi connectivity index (χ4v) is 1.68. The van der Waals surface area contributed by atoms with E-state index in [0.717, 1.165) is 24.6 Å². The Morgan fingerprint density at radius 1 is 1.18 bits per heavy atom. The van der Waals surface area contributed by atoms with E-state index in [0.29, 0.717) is 5.92 Å². The van der Waals surface area contributed by atoms with Gasteiger partial charge in [-0.25, -0.2) is 0 Å². The standard InChI is InChI=1S/C14H22N2S/c1-4-9-15-14(17)16-10-12-5-7-13(8-6-12)11(2)3/h5-8,11H,4,9-10H2,1-3H3,(H2,15,16,17). The molecule has 17 heavy (non-hydrogen) atoms. The van der Waals surface area contributed by atoms with Gasteiger partial charge in [0.25, 0.3) is 0 Å². The molecule has 0 spiro atoms. The van der Waals surface area contributed by atoms with Crippen molar-refractivity contribution in [2.24, 2.45) is 0 Å². The van der Waals surface area contributed by atoms with Crippen LogP contribution in [-0.2, 0) is 6.54 Å². The summed E-state index contributed by atoms with van der Waals surface area (Å²) in [4.78, 5) is 0. The minimum atomic E-state index is 0.587. The van der Waals surface area contributed by atoms with Crippen molar-refractivity contribution in [2.45, 2.75) is 39.7 Å². The Bertz CT molecular complexity index is 344. The van der Waals surface area contributed by atoms with E-state index in [-0.39, 0.29) is 0 Å². The van der Waals surface area contributed by atoms with E-state index in [1.54, 1.807) is 0 Å². The molecule has 1 aromatic rings. The minimum Gasteiger partial charge on any atom is -0.363 e. The van der Waals surface area contributed by atoms with Gasteiger partial charge in [-0.2, -0.15) is 0 Å². The Labute approximate surface area is 110 Å². The third kappa shape index (κ3) is 5.18. The SMILES string of the molecule is CCCNC(=S)NCc1ccc(C(C)C)cc1. The van der Waals surface area contributed by atoms with Gasteiger partial charge in [-0.3, -0.25) is 0 Å². The molecule has 0 radical (unpaired) electrons. The molecular formula is C14H22N2S. The maximum Gasteiger partial charge on any atom is 0.166 e. The lowest BCUT2D eigenvalue weighted by Crippen LogP contribution is -2.35. The Kier molecular flexibility index (Phi) is 5.98. The van der Waals surface area contributed by atoms with Gasteiger partial charge in [0.1, 0.15) is 0 Å². The predicted octanol–water partition coefficient (Wildman–Crippen LogP) is 3.18. The lowest BCUT2D eigenvalue weighted by Gasteiger charge is -2.10. The molecule has 0 aliphatic rings. The molecule has 0 atom stereocenters. The van der Waals surface area contributed by atoms with Crippen LogP contribution >= 0.6 is 12.2 Å². The zero-order valence-electron chi connectivity index (χ0n) is 10.9. The predicted molar refractivity (Wildman–Crippen MR) is 78.3 cm³/mol. The van der Waals surface area contributed by atoms with E-state index < -0.39 is 0 Å². The first-order chi connectivity index (χ1) is 8.13. The number of thiocarbonyl (C=S) groups is 1. The zero-order chi connectivity index (χ0) is 12.7. The van der Waals surface area contributed by atoms with E-state index >= 15 is 0 Å². The highest BCUT2D eigenvalue weighted by Crippen LogP contribution is 2.14. The first-order valence-corrected chi connectivity index (χ1v) is 6.64. The van der Waals surface area contributed by atoms with Crippen molar-refractivity contribution in [3.8, 4) is 0 Å². The van der Waals surface area contributed by atoms with Gasteiger partial charge < -0.3 is 10.6 Å². The summed E-state index contributed by atoms with van der Waals surface area (Å²) in [5, 5.41) is 7.09. The van der Waals surface area contributed by atoms with Crippen LogP contribution in [-0.4, -0.2) is 11.7 Å². The van der Waals surface area contributed by atoms with E-state index in [4.69, 9.17) is 12.2 Å². The molecule has 2 N–H and O–H groups in total. The molecule has 94 valence electrons. The molecule has 0 fully saturated rings. The second kappa shape index (κ2) is 7.28. The lowest BCUT2D eigenvalue weighted by molar-refractivity contribution is 0.798. The van der Waals surface area contributed by atoms with Crippen molar-refractivity contribution in [1.29, 1.82) is 0 Å². The third-order valence-corrected chi connectivity index (χ3v) is 2.92. The number of hydrogen-bond acceptors (Lipinski definition) is 1. The van der Waals surface area contributed by atoms with Gasteiger partial charge in [-0.1, -0.05) is 45.0 Å². The van der Waals surface area contributed by atoms with Gasteiger partial charge in [0.15, 0.2) is 5.11 Å². The smallest absolute Gasteiger partial charge is 0.166 e. The largest absolute Gasteiger partial charge is 0.363 e. The van der Waals surface area contributed by atoms with Crippen molar-refractivity contribution < 1.29 is 0 Å². The summed E-state index contributed by atoms with van der Waals surface area (Å²) in [5.74, 6) is 0.587. The van der Waals surface area contributed by atoms with Crippen molar-refractivity contribution >= 4 is 17.3 Å². The molecule has 0 aromatic heterocycles. The molecule has 1 rings (SSSR count). The zero-order valence-corrected chi connectivity index (χ0v) is 11.7. The van der Waals surface area contributed by atoms with Crippen LogP contribution in [0.5, 0.6) is 0 Å². The van der Waals surface area contributed by atoms with Crippen LogP contribution in [0.4, 0.5) is 0 Å². The molecule has 0 saturated heterocycles. The monoisotopic (exact) mass is 250 g/mol. The molecule has 0 heterocycles. The molecule has 3 heteroatoms. The van der Waals surface area contributed by atoms with Gasteiger partial charge in [0.2, 0.25) is 0 Å². The van der Waals surface area contributed by atoms with Crippen LogP contribution in [0.15, 0.2) is 24.3 Å². The van der Waals surface area contributed by atoms with Gasteiger partial charge >= 0.3 is 0 Å². The van der Waals surface area contributed by atoms with Crippen LogP contribution < -0.4 is 10.6 Å². The lowest BCUT2D eigenvalue weighted by atomic mass is 10.0. The highest BCUT2D eigenvalue weighted by atomic mass is 32.1. The minimum absolute atomic E-state index is 0.587. The highest BCUT2D eigenvalue weighted by molar-refractivity contribution is 7.80. The van der Waals surface area contributed by atoms with E-state index in [1.807, 2.05) is 0 Å². The van der Waals surface area contributed by atoms with E-state index in [9.17, 15) is 0 Å². The molecule has 0 aliphatic heterocycles. The van der Waals surface area contributed by atoms with Crippen molar-refractivity contribution in [2.75, 3.05) is 6.54 Å². The molecule has 0 bridgehead atoms. The average Bonchev–Trinajstić information content (AvgIpc) is 2.34. The molecule has 0 unspecified atom stereocenters. The molecule has 0 amide bonds. The van der Waals surface area contributed by atoms with Crippen molar-refractivity contribution in [1.82, 2.24) is 10.6 Å². The highest BCUT2D eigenvalue weighted by Gasteiger charge is 1.99. The van der Waals surface area contributed by atoms with Crippen molar-refractivity contribution in [3.63, 3.8) is 0 Å². The summed E-state index contributed by atoms with van der Waals surface area (Å²) in [6, 6.07) is 8.68. The summed E-state index contributed by atoms with van der Waals surface area (Å²) in [7, 11) is 0. The number of hydrogen-bond donors (Lipinski definition) is 2. The molecule has 2 nitrogen and oxygen atoms in total. The first-order valence-electron chi connectivity index (χ1n) is 6.24. The number of nitrogens with one attached hydrogen (secondary N) is 2. The summed E-state index contributed by atoms with van der Waals surface area (Å²) >= 11 is 5.16. The second-order valence-corrected chi connectivity index (χ2v) is 4.91. The summed E-state index contributed by atoms with van der Waals surface area (Å²) in [5.41, 5.74) is 2.63. The van der Waals surface area contributed by atoms with Gasteiger partial charge in [-0.15, -0.1) is 0 Å². The maximum atomic E-state index is 5.16.